The molecule has 0 aliphatic rings. The number of hydrogen-bond donors (Lipinski definition) is 1. The van der Waals surface area contributed by atoms with Gasteiger partial charge in [0.15, 0.2) is 11.5 Å². The third kappa shape index (κ3) is 6.62. The highest BCUT2D eigenvalue weighted by molar-refractivity contribution is 5.94. The van der Waals surface area contributed by atoms with Crippen molar-refractivity contribution in [2.75, 3.05) is 13.2 Å². The Bertz CT molecular complexity index is 914. The summed E-state index contributed by atoms with van der Waals surface area (Å²) in [4.78, 5) is 16.6. The Labute approximate surface area is 178 Å². The fourth-order valence-electron chi connectivity index (χ4n) is 3.08. The lowest BCUT2D eigenvalue weighted by Gasteiger charge is -2.13. The zero-order chi connectivity index (χ0) is 21.0. The van der Waals surface area contributed by atoms with Gasteiger partial charge in [0.1, 0.15) is 6.61 Å². The number of carbonyl (C=O) groups excluding carboxylic acids is 1. The highest BCUT2D eigenvalue weighted by Crippen LogP contribution is 2.29. The molecule has 0 atom stereocenters. The molecule has 0 aliphatic heterocycles. The number of aryl methyl sites for hydroxylation is 1. The van der Waals surface area contributed by atoms with E-state index in [2.05, 4.69) is 34.6 Å². The van der Waals surface area contributed by atoms with Gasteiger partial charge in [-0.25, -0.2) is 0 Å². The number of benzene rings is 2. The predicted octanol–water partition coefficient (Wildman–Crippen LogP) is 4.81. The van der Waals surface area contributed by atoms with Gasteiger partial charge in [0.25, 0.3) is 5.91 Å². The lowest BCUT2D eigenvalue weighted by Crippen LogP contribution is -2.24. The molecule has 0 saturated carbocycles. The van der Waals surface area contributed by atoms with E-state index in [4.69, 9.17) is 9.47 Å². The van der Waals surface area contributed by atoms with Crippen LogP contribution in [0.1, 0.15) is 41.3 Å². The smallest absolute Gasteiger partial charge is 0.251 e. The fourth-order valence-corrected chi connectivity index (χ4v) is 3.08. The Morgan fingerprint density at radius 1 is 0.933 bits per heavy atom. The van der Waals surface area contributed by atoms with Gasteiger partial charge in [-0.1, -0.05) is 36.4 Å². The predicted molar refractivity (Wildman–Crippen MR) is 118 cm³/mol. The van der Waals surface area contributed by atoms with Crippen molar-refractivity contribution in [3.05, 3.63) is 89.7 Å². The maximum absolute atomic E-state index is 12.5. The molecule has 2 aromatic carbocycles. The van der Waals surface area contributed by atoms with Crippen molar-refractivity contribution in [2.45, 2.75) is 32.8 Å². The van der Waals surface area contributed by atoms with Gasteiger partial charge in [0.2, 0.25) is 0 Å². The van der Waals surface area contributed by atoms with Crippen molar-refractivity contribution in [3.8, 4) is 11.5 Å². The molecule has 5 nitrogen and oxygen atoms in total. The monoisotopic (exact) mass is 404 g/mol. The normalized spacial score (nSPS) is 10.4. The average molecular weight is 405 g/mol. The number of hydrogen-bond acceptors (Lipinski definition) is 4. The van der Waals surface area contributed by atoms with Crippen LogP contribution in [-0.2, 0) is 13.0 Å². The molecule has 30 heavy (non-hydrogen) atoms. The Morgan fingerprint density at radius 2 is 1.77 bits per heavy atom. The third-order valence-electron chi connectivity index (χ3n) is 4.64. The maximum Gasteiger partial charge on any atom is 0.251 e. The molecular formula is C25H28N2O3. The summed E-state index contributed by atoms with van der Waals surface area (Å²) < 4.78 is 11.6. The van der Waals surface area contributed by atoms with Crippen LogP contribution in [0.25, 0.3) is 0 Å². The fraction of sp³-hybridized carbons (Fsp3) is 0.280. The summed E-state index contributed by atoms with van der Waals surface area (Å²) in [5, 5.41) is 2.99. The molecule has 0 aliphatic carbocycles. The molecule has 0 spiro atoms. The Hall–Kier alpha value is -3.34. The standard InChI is InChI=1S/C25H28N2O3/c1-2-29-24-17-22(13-14-23(24)30-19-21-12-8-15-26-18-21)25(28)27-16-7-6-11-20-9-4-3-5-10-20/h3-5,8-10,12-15,17-18H,2,6-7,11,16,19H2,1H3,(H,27,28). The number of pyridine rings is 1. The highest BCUT2D eigenvalue weighted by atomic mass is 16.5. The summed E-state index contributed by atoms with van der Waals surface area (Å²) >= 11 is 0. The minimum Gasteiger partial charge on any atom is -0.490 e. The molecule has 1 amide bonds. The van der Waals surface area contributed by atoms with E-state index < -0.39 is 0 Å². The molecule has 0 saturated heterocycles. The first-order chi connectivity index (χ1) is 14.8. The number of unbranched alkanes of at least 4 members (excludes halogenated alkanes) is 1. The Balaban J connectivity index is 1.50. The lowest BCUT2D eigenvalue weighted by molar-refractivity contribution is 0.0952. The number of carbonyl (C=O) groups is 1. The molecule has 3 rings (SSSR count). The zero-order valence-electron chi connectivity index (χ0n) is 17.3. The van der Waals surface area contributed by atoms with Gasteiger partial charge < -0.3 is 14.8 Å². The van der Waals surface area contributed by atoms with Crippen molar-refractivity contribution in [1.82, 2.24) is 10.3 Å². The second kappa shape index (κ2) is 11.6. The Kier molecular flexibility index (Phi) is 8.27. The van der Waals surface area contributed by atoms with Gasteiger partial charge in [0, 0.05) is 30.1 Å². The molecular weight excluding hydrogens is 376 g/mol. The van der Waals surface area contributed by atoms with E-state index in [1.54, 1.807) is 30.6 Å². The highest BCUT2D eigenvalue weighted by Gasteiger charge is 2.12. The molecule has 1 N–H and O–H groups in total. The van der Waals surface area contributed by atoms with Crippen LogP contribution in [-0.4, -0.2) is 24.0 Å². The first-order valence-electron chi connectivity index (χ1n) is 10.4. The topological polar surface area (TPSA) is 60.5 Å². The van der Waals surface area contributed by atoms with Crippen molar-refractivity contribution >= 4 is 5.91 Å². The largest absolute Gasteiger partial charge is 0.490 e. The van der Waals surface area contributed by atoms with E-state index in [1.165, 1.54) is 5.56 Å². The number of amides is 1. The zero-order valence-corrected chi connectivity index (χ0v) is 17.3. The van der Waals surface area contributed by atoms with Gasteiger partial charge in [-0.2, -0.15) is 0 Å². The molecule has 3 aromatic rings. The third-order valence-corrected chi connectivity index (χ3v) is 4.64. The molecule has 0 radical (unpaired) electrons. The van der Waals surface area contributed by atoms with Gasteiger partial charge in [-0.3, -0.25) is 9.78 Å². The van der Waals surface area contributed by atoms with Crippen molar-refractivity contribution in [3.63, 3.8) is 0 Å². The minimum atomic E-state index is -0.102. The minimum absolute atomic E-state index is 0.102. The number of nitrogens with zero attached hydrogens (tertiary/aromatic N) is 1. The van der Waals surface area contributed by atoms with Crippen LogP contribution in [0.4, 0.5) is 0 Å². The van der Waals surface area contributed by atoms with Crippen LogP contribution >= 0.6 is 0 Å². The van der Waals surface area contributed by atoms with Gasteiger partial charge in [0.05, 0.1) is 6.61 Å². The van der Waals surface area contributed by atoms with Crippen molar-refractivity contribution < 1.29 is 14.3 Å². The SMILES string of the molecule is CCOc1cc(C(=O)NCCCCc2ccccc2)ccc1OCc1cccnc1. The quantitative estimate of drug-likeness (QED) is 0.466. The van der Waals surface area contributed by atoms with Crippen molar-refractivity contribution in [1.29, 1.82) is 0 Å². The summed E-state index contributed by atoms with van der Waals surface area (Å²) in [5.41, 5.74) is 2.86. The summed E-state index contributed by atoms with van der Waals surface area (Å²) in [7, 11) is 0. The van der Waals surface area contributed by atoms with Crippen LogP contribution in [0.2, 0.25) is 0 Å². The van der Waals surface area contributed by atoms with E-state index in [0.717, 1.165) is 24.8 Å². The first kappa shape index (κ1) is 21.4. The van der Waals surface area contributed by atoms with Crippen LogP contribution in [0.15, 0.2) is 73.1 Å². The maximum atomic E-state index is 12.5. The lowest BCUT2D eigenvalue weighted by atomic mass is 10.1. The van der Waals surface area contributed by atoms with Gasteiger partial charge >= 0.3 is 0 Å². The second-order valence-corrected chi connectivity index (χ2v) is 6.94. The summed E-state index contributed by atoms with van der Waals surface area (Å²) in [6.07, 6.45) is 6.49. The number of rotatable bonds is 11. The summed E-state index contributed by atoms with van der Waals surface area (Å²) in [6.45, 7) is 3.44. The molecule has 5 heteroatoms. The van der Waals surface area contributed by atoms with Crippen LogP contribution in [0.3, 0.4) is 0 Å². The van der Waals surface area contributed by atoms with Gasteiger partial charge in [-0.15, -0.1) is 0 Å². The van der Waals surface area contributed by atoms with Crippen LogP contribution in [0.5, 0.6) is 11.5 Å². The van der Waals surface area contributed by atoms with Crippen LogP contribution in [0, 0.1) is 0 Å². The van der Waals surface area contributed by atoms with E-state index >= 15 is 0 Å². The molecule has 0 bridgehead atoms. The van der Waals surface area contributed by atoms with Crippen molar-refractivity contribution in [2.24, 2.45) is 0 Å². The number of ether oxygens (including phenoxy) is 2. The average Bonchev–Trinajstić information content (AvgIpc) is 2.79. The molecule has 1 heterocycles. The molecule has 1 aromatic heterocycles. The molecule has 156 valence electrons. The number of aromatic nitrogens is 1. The van der Waals surface area contributed by atoms with Gasteiger partial charge in [-0.05, 0) is 56.0 Å². The summed E-state index contributed by atoms with van der Waals surface area (Å²) in [6, 6.07) is 19.5. The van der Waals surface area contributed by atoms with Crippen LogP contribution < -0.4 is 14.8 Å². The summed E-state index contributed by atoms with van der Waals surface area (Å²) in [5.74, 6) is 1.08. The first-order valence-corrected chi connectivity index (χ1v) is 10.4. The van der Waals surface area contributed by atoms with E-state index in [1.807, 2.05) is 25.1 Å². The number of nitrogens with one attached hydrogen (secondary N) is 1. The van der Waals surface area contributed by atoms with E-state index in [9.17, 15) is 4.79 Å². The second-order valence-electron chi connectivity index (χ2n) is 6.94. The van der Waals surface area contributed by atoms with E-state index in [-0.39, 0.29) is 5.91 Å². The van der Waals surface area contributed by atoms with E-state index in [0.29, 0.717) is 36.8 Å². The molecule has 0 fully saturated rings. The Morgan fingerprint density at radius 3 is 2.53 bits per heavy atom. The molecule has 0 unspecified atom stereocenters.